The normalized spacial score (nSPS) is 20.6. The Hall–Kier alpha value is -2.48. The van der Waals surface area contributed by atoms with Gasteiger partial charge in [-0.15, -0.1) is 0 Å². The first kappa shape index (κ1) is 19.8. The zero-order valence-corrected chi connectivity index (χ0v) is 17.6. The van der Waals surface area contributed by atoms with Gasteiger partial charge in [0.05, 0.1) is 5.75 Å². The first-order chi connectivity index (χ1) is 14.1. The Morgan fingerprint density at radius 3 is 2.79 bits per heavy atom. The van der Waals surface area contributed by atoms with E-state index < -0.39 is 0 Å². The maximum atomic E-state index is 12.3. The van der Waals surface area contributed by atoms with Crippen molar-refractivity contribution < 1.29 is 14.3 Å². The molecule has 2 aliphatic rings. The van der Waals surface area contributed by atoms with E-state index >= 15 is 0 Å². The predicted octanol–water partition coefficient (Wildman–Crippen LogP) is 3.10. The van der Waals surface area contributed by atoms with Crippen LogP contribution >= 0.6 is 11.8 Å². The maximum Gasteiger partial charge on any atom is 0.231 e. The van der Waals surface area contributed by atoms with Crippen LogP contribution in [0.1, 0.15) is 25.8 Å². The van der Waals surface area contributed by atoms with Crippen molar-refractivity contribution >= 4 is 23.5 Å². The van der Waals surface area contributed by atoms with Crippen molar-refractivity contribution in [2.45, 2.75) is 31.8 Å². The number of carbonyl (C=O) groups is 1. The largest absolute Gasteiger partial charge is 0.454 e. The van der Waals surface area contributed by atoms with Crippen LogP contribution in [0.2, 0.25) is 0 Å². The van der Waals surface area contributed by atoms with Crippen LogP contribution in [0.3, 0.4) is 0 Å². The molecule has 0 spiro atoms. The first-order valence-electron chi connectivity index (χ1n) is 9.92. The number of amides is 1. The van der Waals surface area contributed by atoms with Crippen molar-refractivity contribution in [1.82, 2.24) is 15.3 Å². The molecule has 1 aromatic carbocycles. The molecule has 0 radical (unpaired) electrons. The highest BCUT2D eigenvalue weighted by molar-refractivity contribution is 7.99. The molecule has 2 atom stereocenters. The number of ether oxygens (including phenoxy) is 2. The average molecular weight is 415 g/mol. The fourth-order valence-corrected chi connectivity index (χ4v) is 4.57. The van der Waals surface area contributed by atoms with Gasteiger partial charge in [0.2, 0.25) is 12.7 Å². The summed E-state index contributed by atoms with van der Waals surface area (Å²) in [7, 11) is 0. The highest BCUT2D eigenvalue weighted by Gasteiger charge is 2.23. The smallest absolute Gasteiger partial charge is 0.231 e. The Balaban J connectivity index is 1.28. The predicted molar refractivity (Wildman–Crippen MR) is 112 cm³/mol. The van der Waals surface area contributed by atoms with E-state index in [2.05, 4.69) is 34.0 Å². The number of carbonyl (C=O) groups excluding carboxylic acids is 1. The number of hydrogen-bond donors (Lipinski definition) is 1. The van der Waals surface area contributed by atoms with E-state index in [0.717, 1.165) is 41.0 Å². The van der Waals surface area contributed by atoms with Gasteiger partial charge in [0.1, 0.15) is 17.2 Å². The number of anilines is 1. The van der Waals surface area contributed by atoms with Gasteiger partial charge in [0, 0.05) is 25.7 Å². The molecule has 8 heteroatoms. The maximum absolute atomic E-state index is 12.3. The lowest BCUT2D eigenvalue weighted by Crippen LogP contribution is -2.39. The highest BCUT2D eigenvalue weighted by Crippen LogP contribution is 2.32. The van der Waals surface area contributed by atoms with Gasteiger partial charge in [0.25, 0.3) is 0 Å². The van der Waals surface area contributed by atoms with E-state index in [4.69, 9.17) is 9.47 Å². The molecule has 0 saturated carbocycles. The average Bonchev–Trinajstić information content (AvgIpc) is 3.18. The molecule has 2 aromatic rings. The van der Waals surface area contributed by atoms with Crippen LogP contribution in [-0.4, -0.2) is 41.5 Å². The Kier molecular flexibility index (Phi) is 6.08. The number of rotatable bonds is 6. The van der Waals surface area contributed by atoms with Gasteiger partial charge in [-0.1, -0.05) is 31.7 Å². The molecule has 1 N–H and O–H groups in total. The summed E-state index contributed by atoms with van der Waals surface area (Å²) in [6, 6.07) is 7.68. The number of nitrogens with zero attached hydrogens (tertiary/aromatic N) is 3. The van der Waals surface area contributed by atoms with Gasteiger partial charge >= 0.3 is 0 Å². The van der Waals surface area contributed by atoms with E-state index in [1.54, 1.807) is 6.33 Å². The quantitative estimate of drug-likeness (QED) is 0.575. The van der Waals surface area contributed by atoms with E-state index in [0.29, 0.717) is 24.1 Å². The zero-order chi connectivity index (χ0) is 20.2. The molecule has 154 valence electrons. The van der Waals surface area contributed by atoms with Gasteiger partial charge in [-0.3, -0.25) is 4.79 Å². The number of fused-ring (bicyclic) bond motifs is 1. The van der Waals surface area contributed by atoms with Crippen molar-refractivity contribution in [3.63, 3.8) is 0 Å². The minimum Gasteiger partial charge on any atom is -0.454 e. The number of piperidine rings is 1. The van der Waals surface area contributed by atoms with Crippen molar-refractivity contribution in [1.29, 1.82) is 0 Å². The van der Waals surface area contributed by atoms with E-state index in [1.807, 2.05) is 24.3 Å². The summed E-state index contributed by atoms with van der Waals surface area (Å²) in [6.07, 6.45) is 2.85. The lowest BCUT2D eigenvalue weighted by molar-refractivity contribution is -0.118. The summed E-state index contributed by atoms with van der Waals surface area (Å²) < 4.78 is 10.7. The molecule has 1 amide bonds. The van der Waals surface area contributed by atoms with Crippen molar-refractivity contribution in [3.8, 4) is 11.5 Å². The number of aromatic nitrogens is 2. The van der Waals surface area contributed by atoms with Gasteiger partial charge in [-0.2, -0.15) is 0 Å². The van der Waals surface area contributed by atoms with Crippen LogP contribution in [-0.2, 0) is 11.3 Å². The summed E-state index contributed by atoms with van der Waals surface area (Å²) in [5.41, 5.74) is 0.977. The lowest BCUT2D eigenvalue weighted by atomic mass is 9.92. The third-order valence-corrected chi connectivity index (χ3v) is 6.02. The Morgan fingerprint density at radius 2 is 1.97 bits per heavy atom. The van der Waals surface area contributed by atoms with Gasteiger partial charge in [-0.25, -0.2) is 9.97 Å². The van der Waals surface area contributed by atoms with E-state index in [-0.39, 0.29) is 12.7 Å². The van der Waals surface area contributed by atoms with Crippen LogP contribution in [0, 0.1) is 11.8 Å². The Bertz CT molecular complexity index is 869. The second kappa shape index (κ2) is 8.90. The molecule has 0 aliphatic carbocycles. The van der Waals surface area contributed by atoms with Crippen LogP contribution < -0.4 is 19.7 Å². The van der Waals surface area contributed by atoms with Crippen molar-refractivity contribution in [2.75, 3.05) is 30.5 Å². The second-order valence-electron chi connectivity index (χ2n) is 7.82. The van der Waals surface area contributed by atoms with Crippen LogP contribution in [0.4, 0.5) is 5.82 Å². The monoisotopic (exact) mass is 414 g/mol. The molecule has 0 bridgehead atoms. The number of hydrogen-bond acceptors (Lipinski definition) is 7. The highest BCUT2D eigenvalue weighted by atomic mass is 32.2. The zero-order valence-electron chi connectivity index (χ0n) is 16.8. The van der Waals surface area contributed by atoms with Gasteiger partial charge in [-0.05, 0) is 36.0 Å². The Labute approximate surface area is 175 Å². The molecular formula is C21H26N4O3S. The molecule has 29 heavy (non-hydrogen) atoms. The van der Waals surface area contributed by atoms with Crippen molar-refractivity contribution in [3.05, 3.63) is 36.2 Å². The van der Waals surface area contributed by atoms with Gasteiger partial charge in [0.15, 0.2) is 11.5 Å². The number of nitrogens with one attached hydrogen (secondary N) is 1. The van der Waals surface area contributed by atoms with E-state index in [9.17, 15) is 4.79 Å². The first-order valence-corrected chi connectivity index (χ1v) is 10.9. The number of thioether (sulfide) groups is 1. The Morgan fingerprint density at radius 1 is 1.17 bits per heavy atom. The molecule has 0 unspecified atom stereocenters. The van der Waals surface area contributed by atoms with Crippen LogP contribution in [0.15, 0.2) is 35.6 Å². The number of benzene rings is 1. The molecule has 3 heterocycles. The summed E-state index contributed by atoms with van der Waals surface area (Å²) in [5.74, 6) is 4.01. The van der Waals surface area contributed by atoms with Gasteiger partial charge < -0.3 is 19.7 Å². The van der Waals surface area contributed by atoms with Crippen LogP contribution in [0.5, 0.6) is 11.5 Å². The van der Waals surface area contributed by atoms with E-state index in [1.165, 1.54) is 18.2 Å². The SMILES string of the molecule is C[C@@H]1C[C@@H](C)CN(c2cc(SCC(=O)NCc3ccc4c(c3)OCO4)ncn2)C1. The van der Waals surface area contributed by atoms with Crippen LogP contribution in [0.25, 0.3) is 0 Å². The molecule has 1 aromatic heterocycles. The molecule has 1 saturated heterocycles. The third kappa shape index (κ3) is 5.12. The lowest BCUT2D eigenvalue weighted by Gasteiger charge is -2.35. The summed E-state index contributed by atoms with van der Waals surface area (Å²) in [5, 5.41) is 3.76. The fourth-order valence-electron chi connectivity index (χ4n) is 3.87. The standard InChI is InChI=1S/C21H26N4O3S/c1-14-5-15(2)10-25(9-14)19-7-21(24-12-23-19)29-11-20(26)22-8-16-3-4-17-18(6-16)28-13-27-17/h3-4,6-7,12,14-15H,5,8-11,13H2,1-2H3,(H,22,26)/t14-,15-/m1/s1. The third-order valence-electron chi connectivity index (χ3n) is 5.10. The minimum atomic E-state index is -0.0342. The minimum absolute atomic E-state index is 0.0342. The molecule has 2 aliphatic heterocycles. The topological polar surface area (TPSA) is 76.6 Å². The molecule has 4 rings (SSSR count). The molecular weight excluding hydrogens is 388 g/mol. The fraction of sp³-hybridized carbons (Fsp3) is 0.476. The summed E-state index contributed by atoms with van der Waals surface area (Å²) in [4.78, 5) is 23.3. The van der Waals surface area contributed by atoms with Crippen molar-refractivity contribution in [2.24, 2.45) is 11.8 Å². The second-order valence-corrected chi connectivity index (χ2v) is 8.81. The summed E-state index contributed by atoms with van der Waals surface area (Å²) in [6.45, 7) is 7.30. The summed E-state index contributed by atoms with van der Waals surface area (Å²) >= 11 is 1.43. The molecule has 7 nitrogen and oxygen atoms in total. The molecule has 1 fully saturated rings.